The number of carbonyl (C=O) groups is 1. The van der Waals surface area contributed by atoms with Crippen LogP contribution >= 0.6 is 11.6 Å². The van der Waals surface area contributed by atoms with E-state index in [1.807, 2.05) is 18.2 Å². The lowest BCUT2D eigenvalue weighted by molar-refractivity contribution is -0.151. The second kappa shape index (κ2) is 8.60. The van der Waals surface area contributed by atoms with Crippen molar-refractivity contribution in [3.8, 4) is 17.1 Å². The minimum Gasteiger partial charge on any atom is -0.490 e. The van der Waals surface area contributed by atoms with Gasteiger partial charge in [-0.3, -0.25) is 9.59 Å². The number of rotatable bonds is 8. The lowest BCUT2D eigenvalue weighted by Crippen LogP contribution is -2.37. The molecular weight excluding hydrogens is 432 g/mol. The maximum atomic E-state index is 12.6. The molecule has 0 bridgehead atoms. The Balaban J connectivity index is 1.36. The van der Waals surface area contributed by atoms with Gasteiger partial charge in [0.2, 0.25) is 0 Å². The fourth-order valence-corrected chi connectivity index (χ4v) is 4.29. The summed E-state index contributed by atoms with van der Waals surface area (Å²) in [6, 6.07) is 12.6. The molecule has 0 atom stereocenters. The zero-order valence-corrected chi connectivity index (χ0v) is 18.1. The van der Waals surface area contributed by atoms with Crippen LogP contribution in [0.4, 0.5) is 0 Å². The number of aliphatic carboxylic acids is 1. The van der Waals surface area contributed by atoms with Crippen molar-refractivity contribution in [2.24, 2.45) is 5.92 Å². The first-order chi connectivity index (χ1) is 15.5. The van der Waals surface area contributed by atoms with Crippen molar-refractivity contribution < 1.29 is 23.8 Å². The van der Waals surface area contributed by atoms with Crippen molar-refractivity contribution in [2.45, 2.75) is 37.7 Å². The second-order valence-electron chi connectivity index (χ2n) is 8.47. The van der Waals surface area contributed by atoms with Crippen molar-refractivity contribution in [3.05, 3.63) is 63.3 Å². The van der Waals surface area contributed by atoms with E-state index in [0.29, 0.717) is 65.0 Å². The van der Waals surface area contributed by atoms with Gasteiger partial charge in [-0.25, -0.2) is 0 Å². The van der Waals surface area contributed by atoms with Gasteiger partial charge in [0.1, 0.15) is 18.1 Å². The van der Waals surface area contributed by atoms with Crippen molar-refractivity contribution in [1.29, 1.82) is 0 Å². The van der Waals surface area contributed by atoms with Crippen molar-refractivity contribution in [2.75, 3.05) is 13.2 Å². The number of hydrogen-bond donors (Lipinski definition) is 1. The van der Waals surface area contributed by atoms with E-state index in [1.165, 1.54) is 11.6 Å². The average molecular weight is 455 g/mol. The Morgan fingerprint density at radius 1 is 1.12 bits per heavy atom. The van der Waals surface area contributed by atoms with Gasteiger partial charge in [-0.15, -0.1) is 0 Å². The van der Waals surface area contributed by atoms with Crippen LogP contribution in [0, 0.1) is 5.92 Å². The van der Waals surface area contributed by atoms with Gasteiger partial charge in [0.15, 0.2) is 11.0 Å². The number of carboxylic acids is 1. The third kappa shape index (κ3) is 4.25. The highest BCUT2D eigenvalue weighted by Crippen LogP contribution is 2.43. The first-order valence-electron chi connectivity index (χ1n) is 10.8. The Bertz CT molecular complexity index is 1220. The number of benzene rings is 2. The predicted octanol–water partition coefficient (Wildman–Crippen LogP) is 5.25. The van der Waals surface area contributed by atoms with E-state index in [9.17, 15) is 9.59 Å². The number of halogens is 1. The molecule has 0 radical (unpaired) electrons. The molecule has 0 unspecified atom stereocenters. The van der Waals surface area contributed by atoms with Crippen LogP contribution in [0.5, 0.6) is 5.75 Å². The standard InChI is InChI=1S/C25H23ClO6/c26-20-3-1-2-18-21(27)13-23(32-24(18)20)19-7-6-15(14-4-5-14)12-22(19)31-9-8-30-17-10-16(11-17)25(28)29/h1-3,6-7,12-14,16-17H,4-5,8-11H2,(H,28,29). The van der Waals surface area contributed by atoms with E-state index < -0.39 is 5.97 Å². The third-order valence-corrected chi connectivity index (χ3v) is 6.46. The Kier molecular flexibility index (Phi) is 5.66. The Hall–Kier alpha value is -2.83. The highest BCUT2D eigenvalue weighted by Gasteiger charge is 2.35. The predicted molar refractivity (Wildman–Crippen MR) is 120 cm³/mol. The first kappa shape index (κ1) is 21.0. The third-order valence-electron chi connectivity index (χ3n) is 6.17. The topological polar surface area (TPSA) is 86.0 Å². The van der Waals surface area contributed by atoms with Gasteiger partial charge in [-0.1, -0.05) is 23.7 Å². The summed E-state index contributed by atoms with van der Waals surface area (Å²) in [5, 5.41) is 9.79. The highest BCUT2D eigenvalue weighted by atomic mass is 35.5. The molecule has 3 aromatic rings. The molecule has 2 fully saturated rings. The molecule has 7 heteroatoms. The molecule has 5 rings (SSSR count). The summed E-state index contributed by atoms with van der Waals surface area (Å²) in [6.45, 7) is 0.672. The Labute approximate surface area is 189 Å². The Morgan fingerprint density at radius 3 is 2.69 bits per heavy atom. The first-order valence-corrected chi connectivity index (χ1v) is 11.2. The minimum absolute atomic E-state index is 0.0300. The van der Waals surface area contributed by atoms with Crippen molar-refractivity contribution in [1.82, 2.24) is 0 Å². The van der Waals surface area contributed by atoms with Gasteiger partial charge in [-0.05, 0) is 61.4 Å². The average Bonchev–Trinajstić information content (AvgIpc) is 3.58. The van der Waals surface area contributed by atoms with Gasteiger partial charge in [0, 0.05) is 6.07 Å². The van der Waals surface area contributed by atoms with E-state index in [0.717, 1.165) is 12.8 Å². The maximum Gasteiger partial charge on any atom is 0.306 e. The fraction of sp³-hybridized carbons (Fsp3) is 0.360. The van der Waals surface area contributed by atoms with Gasteiger partial charge in [0.05, 0.1) is 34.6 Å². The molecule has 2 aliphatic rings. The number of ether oxygens (including phenoxy) is 2. The van der Waals surface area contributed by atoms with E-state index in [4.69, 9.17) is 30.6 Å². The molecule has 1 N–H and O–H groups in total. The summed E-state index contributed by atoms with van der Waals surface area (Å²) < 4.78 is 17.8. The van der Waals surface area contributed by atoms with Gasteiger partial charge >= 0.3 is 5.97 Å². The number of hydrogen-bond acceptors (Lipinski definition) is 5. The molecule has 2 aliphatic carbocycles. The van der Waals surface area contributed by atoms with Gasteiger partial charge in [0.25, 0.3) is 0 Å². The summed E-state index contributed by atoms with van der Waals surface area (Å²) >= 11 is 6.27. The fourth-order valence-electron chi connectivity index (χ4n) is 4.08. The quantitative estimate of drug-likeness (QED) is 0.468. The van der Waals surface area contributed by atoms with Crippen LogP contribution < -0.4 is 10.2 Å². The zero-order chi connectivity index (χ0) is 22.2. The number of carboxylic acid groups (broad SMARTS) is 1. The molecule has 1 heterocycles. The summed E-state index contributed by atoms with van der Waals surface area (Å²) in [6.07, 6.45) is 3.38. The SMILES string of the molecule is O=C(O)C1CC(OCCOc2cc(C3CC3)ccc2-c2cc(=O)c3cccc(Cl)c3o2)C1. The minimum atomic E-state index is -0.764. The van der Waals surface area contributed by atoms with Crippen LogP contribution in [0.25, 0.3) is 22.3 Å². The van der Waals surface area contributed by atoms with Crippen molar-refractivity contribution >= 4 is 28.5 Å². The lowest BCUT2D eigenvalue weighted by Gasteiger charge is -2.32. The molecule has 2 aromatic carbocycles. The molecule has 1 aromatic heterocycles. The summed E-state index contributed by atoms with van der Waals surface area (Å²) in [5.41, 5.74) is 2.08. The summed E-state index contributed by atoms with van der Waals surface area (Å²) in [4.78, 5) is 23.6. The normalized spacial score (nSPS) is 20.2. The summed E-state index contributed by atoms with van der Waals surface area (Å²) in [7, 11) is 0. The molecule has 0 aliphatic heterocycles. The van der Waals surface area contributed by atoms with Crippen LogP contribution in [0.15, 0.2) is 51.7 Å². The van der Waals surface area contributed by atoms with Crippen molar-refractivity contribution in [3.63, 3.8) is 0 Å². The smallest absolute Gasteiger partial charge is 0.306 e. The molecule has 2 saturated carbocycles. The van der Waals surface area contributed by atoms with E-state index in [-0.39, 0.29) is 17.5 Å². The molecule has 0 amide bonds. The molecule has 6 nitrogen and oxygen atoms in total. The molecule has 32 heavy (non-hydrogen) atoms. The van der Waals surface area contributed by atoms with Crippen LogP contribution in [0.1, 0.15) is 37.2 Å². The van der Waals surface area contributed by atoms with Crippen LogP contribution in [0.2, 0.25) is 5.02 Å². The van der Waals surface area contributed by atoms with Crippen LogP contribution in [0.3, 0.4) is 0 Å². The zero-order valence-electron chi connectivity index (χ0n) is 17.4. The number of para-hydroxylation sites is 1. The van der Waals surface area contributed by atoms with E-state index in [1.54, 1.807) is 18.2 Å². The summed E-state index contributed by atoms with van der Waals surface area (Å²) in [5.74, 6) is 0.510. The van der Waals surface area contributed by atoms with Crippen LogP contribution in [-0.2, 0) is 9.53 Å². The van der Waals surface area contributed by atoms with Crippen LogP contribution in [-0.4, -0.2) is 30.4 Å². The molecule has 166 valence electrons. The van der Waals surface area contributed by atoms with Gasteiger partial charge < -0.3 is 19.0 Å². The Morgan fingerprint density at radius 2 is 1.94 bits per heavy atom. The molecular formula is C25H23ClO6. The highest BCUT2D eigenvalue weighted by molar-refractivity contribution is 6.34. The van der Waals surface area contributed by atoms with E-state index in [2.05, 4.69) is 0 Å². The maximum absolute atomic E-state index is 12.6. The molecule has 0 saturated heterocycles. The number of fused-ring (bicyclic) bond motifs is 1. The monoisotopic (exact) mass is 454 g/mol. The molecule has 0 spiro atoms. The lowest BCUT2D eigenvalue weighted by atomic mass is 9.82. The van der Waals surface area contributed by atoms with E-state index >= 15 is 0 Å². The second-order valence-corrected chi connectivity index (χ2v) is 8.88. The van der Waals surface area contributed by atoms with Gasteiger partial charge in [-0.2, -0.15) is 0 Å². The largest absolute Gasteiger partial charge is 0.490 e.